The minimum absolute atomic E-state index is 0.126. The van der Waals surface area contributed by atoms with Crippen LogP contribution in [-0.4, -0.2) is 29.2 Å². The molecule has 1 unspecified atom stereocenters. The van der Waals surface area contributed by atoms with Crippen LogP contribution in [0.25, 0.3) is 0 Å². The van der Waals surface area contributed by atoms with Crippen molar-refractivity contribution in [2.45, 2.75) is 57.1 Å². The van der Waals surface area contributed by atoms with Crippen LogP contribution in [-0.2, 0) is 9.63 Å². The minimum atomic E-state index is -0.144. The van der Waals surface area contributed by atoms with E-state index in [2.05, 4.69) is 0 Å². The van der Waals surface area contributed by atoms with Gasteiger partial charge in [-0.2, -0.15) is 0 Å². The lowest BCUT2D eigenvalue weighted by Crippen LogP contribution is -2.31. The quantitative estimate of drug-likeness (QED) is 0.764. The third-order valence-corrected chi connectivity index (χ3v) is 3.36. The molecule has 0 aromatic rings. The zero-order valence-corrected chi connectivity index (χ0v) is 9.37. The predicted molar refractivity (Wildman–Crippen MR) is 56.9 cm³/mol. The van der Waals surface area contributed by atoms with Gasteiger partial charge in [0, 0.05) is 6.04 Å². The molecular weight excluding hydrogens is 192 g/mol. The molecule has 1 aliphatic heterocycles. The van der Waals surface area contributed by atoms with E-state index >= 15 is 0 Å². The van der Waals surface area contributed by atoms with Gasteiger partial charge in [0.05, 0.1) is 13.0 Å². The molecule has 2 N–H and O–H groups in total. The summed E-state index contributed by atoms with van der Waals surface area (Å²) in [5.41, 5.74) is 5.52. The molecule has 15 heavy (non-hydrogen) atoms. The molecule has 1 saturated carbocycles. The first-order chi connectivity index (χ1) is 7.11. The van der Waals surface area contributed by atoms with Gasteiger partial charge < -0.3 is 5.73 Å². The van der Waals surface area contributed by atoms with Gasteiger partial charge in [-0.25, -0.2) is 5.06 Å². The lowest BCUT2D eigenvalue weighted by molar-refractivity contribution is -0.198. The van der Waals surface area contributed by atoms with Crippen LogP contribution in [0.4, 0.5) is 0 Å². The second-order valence-corrected chi connectivity index (χ2v) is 4.92. The Balaban J connectivity index is 1.89. The van der Waals surface area contributed by atoms with Gasteiger partial charge in [0.15, 0.2) is 0 Å². The highest BCUT2D eigenvalue weighted by molar-refractivity contribution is 5.78. The Labute approximate surface area is 90.7 Å². The first-order valence-corrected chi connectivity index (χ1v) is 5.86. The number of carbonyl (C=O) groups is 1. The van der Waals surface area contributed by atoms with Crippen LogP contribution in [0.3, 0.4) is 0 Å². The van der Waals surface area contributed by atoms with E-state index in [-0.39, 0.29) is 17.6 Å². The Morgan fingerprint density at radius 1 is 1.53 bits per heavy atom. The van der Waals surface area contributed by atoms with E-state index in [9.17, 15) is 4.79 Å². The molecule has 0 aromatic heterocycles. The normalized spacial score (nSPS) is 26.5. The number of amides is 1. The molecule has 1 saturated heterocycles. The molecule has 1 atom stereocenters. The van der Waals surface area contributed by atoms with Crippen molar-refractivity contribution in [2.24, 2.45) is 5.73 Å². The zero-order valence-electron chi connectivity index (χ0n) is 9.37. The summed E-state index contributed by atoms with van der Waals surface area (Å²) in [6.07, 6.45) is 5.83. The van der Waals surface area contributed by atoms with Crippen molar-refractivity contribution in [3.05, 3.63) is 0 Å². The molecule has 0 radical (unpaired) electrons. The third-order valence-electron chi connectivity index (χ3n) is 3.36. The summed E-state index contributed by atoms with van der Waals surface area (Å²) in [7, 11) is 0. The van der Waals surface area contributed by atoms with Gasteiger partial charge in [-0.3, -0.25) is 9.63 Å². The molecule has 2 fully saturated rings. The molecule has 0 aromatic carbocycles. The summed E-state index contributed by atoms with van der Waals surface area (Å²) in [6.45, 7) is 2.59. The van der Waals surface area contributed by atoms with Gasteiger partial charge >= 0.3 is 0 Å². The summed E-state index contributed by atoms with van der Waals surface area (Å²) >= 11 is 0. The van der Waals surface area contributed by atoms with E-state index < -0.39 is 0 Å². The van der Waals surface area contributed by atoms with Crippen molar-refractivity contribution in [1.82, 2.24) is 5.06 Å². The highest BCUT2D eigenvalue weighted by Crippen LogP contribution is 2.41. The lowest BCUT2D eigenvalue weighted by atomic mass is 9.99. The Morgan fingerprint density at radius 3 is 2.80 bits per heavy atom. The van der Waals surface area contributed by atoms with Crippen LogP contribution in [0.5, 0.6) is 0 Å². The molecule has 4 nitrogen and oxygen atoms in total. The minimum Gasteiger partial charge on any atom is -0.328 e. The van der Waals surface area contributed by atoms with E-state index in [1.807, 2.05) is 6.92 Å². The number of hydroxylamine groups is 2. The average Bonchev–Trinajstić information content (AvgIpc) is 2.72. The van der Waals surface area contributed by atoms with Crippen molar-refractivity contribution in [2.75, 3.05) is 6.54 Å². The van der Waals surface area contributed by atoms with E-state index in [0.717, 1.165) is 19.3 Å². The molecule has 1 heterocycles. The number of nitrogens with two attached hydrogens (primary N) is 1. The molecule has 2 aliphatic rings. The standard InChI is InChI=1S/C11H20N2O2/c1-9(12)4-7-13-10(14)8-11(15-13)5-2-3-6-11/h9H,2-8,12H2,1H3. The maximum Gasteiger partial charge on any atom is 0.249 e. The number of rotatable bonds is 3. The fourth-order valence-electron chi connectivity index (χ4n) is 2.46. The SMILES string of the molecule is CC(N)CCN1OC2(CCCC2)CC1=O. The van der Waals surface area contributed by atoms with Crippen LogP contribution < -0.4 is 5.73 Å². The van der Waals surface area contributed by atoms with Gasteiger partial charge in [0.1, 0.15) is 5.60 Å². The first kappa shape index (κ1) is 10.9. The predicted octanol–water partition coefficient (Wildman–Crippen LogP) is 1.20. The second kappa shape index (κ2) is 4.10. The second-order valence-electron chi connectivity index (χ2n) is 4.92. The molecule has 2 rings (SSSR count). The van der Waals surface area contributed by atoms with Gasteiger partial charge in [-0.1, -0.05) is 12.8 Å². The molecule has 86 valence electrons. The Bertz CT molecular complexity index is 247. The maximum atomic E-state index is 11.7. The molecular formula is C11H20N2O2. The van der Waals surface area contributed by atoms with Crippen LogP contribution in [0.1, 0.15) is 45.4 Å². The van der Waals surface area contributed by atoms with Crippen molar-refractivity contribution in [3.8, 4) is 0 Å². The zero-order chi connectivity index (χ0) is 10.9. The molecule has 4 heteroatoms. The van der Waals surface area contributed by atoms with Crippen LogP contribution in [0.2, 0.25) is 0 Å². The Hall–Kier alpha value is -0.610. The summed E-state index contributed by atoms with van der Waals surface area (Å²) < 4.78 is 0. The van der Waals surface area contributed by atoms with Gasteiger partial charge in [-0.15, -0.1) is 0 Å². The molecule has 1 amide bonds. The topological polar surface area (TPSA) is 55.6 Å². The first-order valence-electron chi connectivity index (χ1n) is 5.86. The summed E-state index contributed by atoms with van der Waals surface area (Å²) in [5.74, 6) is 0.137. The lowest BCUT2D eigenvalue weighted by Gasteiger charge is -2.23. The number of nitrogens with zero attached hydrogens (tertiary/aromatic N) is 1. The van der Waals surface area contributed by atoms with Gasteiger partial charge in [0.2, 0.25) is 5.91 Å². The van der Waals surface area contributed by atoms with Gasteiger partial charge in [-0.05, 0) is 26.2 Å². The fraction of sp³-hybridized carbons (Fsp3) is 0.909. The van der Waals surface area contributed by atoms with Crippen molar-refractivity contribution in [1.29, 1.82) is 0 Å². The third kappa shape index (κ3) is 2.32. The number of hydrogen-bond acceptors (Lipinski definition) is 3. The highest BCUT2D eigenvalue weighted by Gasteiger charge is 2.46. The number of carbonyl (C=O) groups excluding carboxylic acids is 1. The molecule has 1 aliphatic carbocycles. The summed E-state index contributed by atoms with van der Waals surface area (Å²) in [6, 6.07) is 0.126. The van der Waals surface area contributed by atoms with Crippen LogP contribution in [0.15, 0.2) is 0 Å². The smallest absolute Gasteiger partial charge is 0.249 e. The Kier molecular flexibility index (Phi) is 2.98. The van der Waals surface area contributed by atoms with Gasteiger partial charge in [0.25, 0.3) is 0 Å². The van der Waals surface area contributed by atoms with Crippen molar-refractivity contribution >= 4 is 5.91 Å². The number of hydrogen-bond donors (Lipinski definition) is 1. The summed E-state index contributed by atoms with van der Waals surface area (Å²) in [4.78, 5) is 17.5. The Morgan fingerprint density at radius 2 is 2.20 bits per heavy atom. The van der Waals surface area contributed by atoms with E-state index in [4.69, 9.17) is 10.6 Å². The van der Waals surface area contributed by atoms with E-state index in [0.29, 0.717) is 13.0 Å². The van der Waals surface area contributed by atoms with E-state index in [1.165, 1.54) is 17.9 Å². The molecule has 0 bridgehead atoms. The van der Waals surface area contributed by atoms with Crippen LogP contribution >= 0.6 is 0 Å². The maximum absolute atomic E-state index is 11.7. The van der Waals surface area contributed by atoms with Crippen molar-refractivity contribution in [3.63, 3.8) is 0 Å². The van der Waals surface area contributed by atoms with E-state index in [1.54, 1.807) is 0 Å². The largest absolute Gasteiger partial charge is 0.328 e. The van der Waals surface area contributed by atoms with Crippen LogP contribution in [0, 0.1) is 0 Å². The fourth-order valence-corrected chi connectivity index (χ4v) is 2.46. The highest BCUT2D eigenvalue weighted by atomic mass is 16.7. The average molecular weight is 212 g/mol. The summed E-state index contributed by atoms with van der Waals surface area (Å²) in [5, 5.41) is 1.54. The molecule has 1 spiro atoms. The monoisotopic (exact) mass is 212 g/mol. The van der Waals surface area contributed by atoms with Crippen molar-refractivity contribution < 1.29 is 9.63 Å².